The van der Waals surface area contributed by atoms with Gasteiger partial charge in [0.1, 0.15) is 17.1 Å². The summed E-state index contributed by atoms with van der Waals surface area (Å²) in [5.41, 5.74) is 2.72. The van der Waals surface area contributed by atoms with Crippen molar-refractivity contribution in [2.75, 3.05) is 6.54 Å². The van der Waals surface area contributed by atoms with Gasteiger partial charge in [-0.15, -0.1) is 15.3 Å². The lowest BCUT2D eigenvalue weighted by Gasteiger charge is -2.31. The Morgan fingerprint density at radius 3 is 2.56 bits per heavy atom. The smallest absolute Gasteiger partial charge is 0.444 e. The van der Waals surface area contributed by atoms with Gasteiger partial charge < -0.3 is 14.1 Å². The second-order valence-corrected chi connectivity index (χ2v) is 10.00. The Morgan fingerprint density at radius 2 is 1.87 bits per heavy atom. The van der Waals surface area contributed by atoms with Crippen LogP contribution < -0.4 is 0 Å². The number of pyridine rings is 1. The maximum Gasteiger partial charge on any atom is 0.470 e. The van der Waals surface area contributed by atoms with Gasteiger partial charge in [0.2, 0.25) is 5.89 Å². The summed E-state index contributed by atoms with van der Waals surface area (Å²) in [6, 6.07) is 6.79. The summed E-state index contributed by atoms with van der Waals surface area (Å²) >= 11 is 0. The van der Waals surface area contributed by atoms with Crippen LogP contribution in [0.4, 0.5) is 22.4 Å². The number of hydrogen-bond donors (Lipinski definition) is 0. The van der Waals surface area contributed by atoms with Crippen molar-refractivity contribution in [2.45, 2.75) is 52.1 Å². The maximum atomic E-state index is 14.7. The number of hydrogen-bond acceptors (Lipinski definition) is 8. The minimum absolute atomic E-state index is 0.01000. The SMILES string of the molecule is CC(C)(C)OC(=O)N1CCc2ccc(-c3cn(Cc4ncc(-c5nnc(C(F)(F)F)o5)cc4F)nn3)cc2C1. The van der Waals surface area contributed by atoms with Gasteiger partial charge in [-0.1, -0.05) is 17.3 Å². The quantitative estimate of drug-likeness (QED) is 0.333. The van der Waals surface area contributed by atoms with Crippen molar-refractivity contribution < 1.29 is 31.5 Å². The fourth-order valence-corrected chi connectivity index (χ4v) is 4.01. The third-order valence-corrected chi connectivity index (χ3v) is 5.85. The number of amides is 1. The topological polar surface area (TPSA) is 112 Å². The van der Waals surface area contributed by atoms with E-state index in [1.54, 1.807) is 11.1 Å². The third-order valence-electron chi connectivity index (χ3n) is 5.85. The Bertz CT molecular complexity index is 1520. The van der Waals surface area contributed by atoms with Crippen LogP contribution in [-0.4, -0.2) is 53.3 Å². The second kappa shape index (κ2) is 9.75. The van der Waals surface area contributed by atoms with E-state index in [1.807, 2.05) is 39.0 Å². The lowest BCUT2D eigenvalue weighted by Crippen LogP contribution is -2.39. The molecule has 204 valence electrons. The van der Waals surface area contributed by atoms with Crippen molar-refractivity contribution in [3.63, 3.8) is 0 Å². The molecular formula is C25H23F4N7O3. The average molecular weight is 545 g/mol. The fourth-order valence-electron chi connectivity index (χ4n) is 4.01. The van der Waals surface area contributed by atoms with Crippen LogP contribution in [-0.2, 0) is 30.4 Å². The molecule has 0 fully saturated rings. The Hall–Kier alpha value is -4.36. The summed E-state index contributed by atoms with van der Waals surface area (Å²) in [6.07, 6.45) is -1.71. The summed E-state index contributed by atoms with van der Waals surface area (Å²) in [6.45, 7) is 6.35. The fraction of sp³-hybridized carbons (Fsp3) is 0.360. The zero-order valence-electron chi connectivity index (χ0n) is 21.2. The molecule has 4 heterocycles. The molecule has 1 aliphatic rings. The molecule has 1 amide bonds. The van der Waals surface area contributed by atoms with Crippen LogP contribution in [0, 0.1) is 5.82 Å². The summed E-state index contributed by atoms with van der Waals surface area (Å²) in [5.74, 6) is -2.81. The molecule has 5 rings (SSSR count). The zero-order valence-corrected chi connectivity index (χ0v) is 21.2. The summed E-state index contributed by atoms with van der Waals surface area (Å²) < 4.78 is 64.2. The van der Waals surface area contributed by atoms with E-state index in [1.165, 1.54) is 4.68 Å². The van der Waals surface area contributed by atoms with Crippen molar-refractivity contribution in [1.29, 1.82) is 0 Å². The first kappa shape index (κ1) is 26.3. The van der Waals surface area contributed by atoms with Crippen LogP contribution >= 0.6 is 0 Å². The molecule has 3 aromatic heterocycles. The van der Waals surface area contributed by atoms with Crippen LogP contribution in [0.5, 0.6) is 0 Å². The monoisotopic (exact) mass is 545 g/mol. The molecule has 10 nitrogen and oxygen atoms in total. The largest absolute Gasteiger partial charge is 0.470 e. The highest BCUT2D eigenvalue weighted by Gasteiger charge is 2.38. The molecule has 0 aliphatic carbocycles. The minimum Gasteiger partial charge on any atom is -0.444 e. The van der Waals surface area contributed by atoms with Crippen molar-refractivity contribution in [3.05, 3.63) is 65.2 Å². The number of benzene rings is 1. The number of halogens is 4. The number of carbonyl (C=O) groups excluding carboxylic acids is 1. The highest BCUT2D eigenvalue weighted by molar-refractivity contribution is 5.69. The molecule has 0 spiro atoms. The molecule has 39 heavy (non-hydrogen) atoms. The maximum absolute atomic E-state index is 14.7. The molecule has 1 aromatic carbocycles. The van der Waals surface area contributed by atoms with E-state index in [0.29, 0.717) is 25.2 Å². The van der Waals surface area contributed by atoms with E-state index in [0.717, 1.165) is 29.0 Å². The number of ether oxygens (including phenoxy) is 1. The van der Waals surface area contributed by atoms with Gasteiger partial charge >= 0.3 is 18.2 Å². The predicted octanol–water partition coefficient (Wildman–Crippen LogP) is 4.89. The van der Waals surface area contributed by atoms with Gasteiger partial charge in [-0.25, -0.2) is 13.9 Å². The summed E-state index contributed by atoms with van der Waals surface area (Å²) in [7, 11) is 0. The van der Waals surface area contributed by atoms with Gasteiger partial charge in [0.15, 0.2) is 0 Å². The predicted molar refractivity (Wildman–Crippen MR) is 127 cm³/mol. The highest BCUT2D eigenvalue weighted by Crippen LogP contribution is 2.31. The van der Waals surface area contributed by atoms with E-state index in [9.17, 15) is 22.4 Å². The van der Waals surface area contributed by atoms with E-state index in [-0.39, 0.29) is 23.9 Å². The molecule has 0 saturated carbocycles. The van der Waals surface area contributed by atoms with Crippen LogP contribution in [0.2, 0.25) is 0 Å². The molecule has 14 heteroatoms. The van der Waals surface area contributed by atoms with Crippen LogP contribution in [0.1, 0.15) is 43.5 Å². The zero-order chi connectivity index (χ0) is 27.9. The van der Waals surface area contributed by atoms with Gasteiger partial charge in [0.25, 0.3) is 0 Å². The number of alkyl halides is 3. The Kier molecular flexibility index (Phi) is 6.56. The molecule has 1 aliphatic heterocycles. The lowest BCUT2D eigenvalue weighted by atomic mass is 9.97. The Balaban J connectivity index is 1.29. The molecule has 0 N–H and O–H groups in total. The Labute approximate surface area is 219 Å². The second-order valence-electron chi connectivity index (χ2n) is 10.00. The molecule has 0 bridgehead atoms. The number of rotatable bonds is 4. The molecule has 0 atom stereocenters. The van der Waals surface area contributed by atoms with Gasteiger partial charge in [0, 0.05) is 24.8 Å². The summed E-state index contributed by atoms with van der Waals surface area (Å²) in [4.78, 5) is 18.2. The molecule has 0 unspecified atom stereocenters. The molecule has 0 radical (unpaired) electrons. The van der Waals surface area contributed by atoms with Crippen molar-refractivity contribution >= 4 is 6.09 Å². The van der Waals surface area contributed by atoms with Gasteiger partial charge in [0.05, 0.1) is 24.0 Å². The number of fused-ring (bicyclic) bond motifs is 1. The molecule has 4 aromatic rings. The van der Waals surface area contributed by atoms with Crippen LogP contribution in [0.25, 0.3) is 22.7 Å². The number of aromatic nitrogens is 6. The first-order valence-corrected chi connectivity index (χ1v) is 11.9. The first-order valence-electron chi connectivity index (χ1n) is 11.9. The summed E-state index contributed by atoms with van der Waals surface area (Å²) in [5, 5.41) is 14.5. The van der Waals surface area contributed by atoms with Gasteiger partial charge in [-0.3, -0.25) is 4.98 Å². The minimum atomic E-state index is -4.81. The average Bonchev–Trinajstić information content (AvgIpc) is 3.54. The van der Waals surface area contributed by atoms with Gasteiger partial charge in [-0.2, -0.15) is 13.2 Å². The molecular weight excluding hydrogens is 522 g/mol. The van der Waals surface area contributed by atoms with Crippen LogP contribution in [0.3, 0.4) is 0 Å². The first-order chi connectivity index (χ1) is 18.4. The van der Waals surface area contributed by atoms with E-state index < -0.39 is 29.4 Å². The standard InChI is InChI=1S/C25H23F4N7O3/c1-24(2,3)39-23(37)35-7-6-14-4-5-15(8-17(14)11-35)19-12-36(34-31-19)13-20-18(26)9-16(10-30-20)21-32-33-22(38-21)25(27,28)29/h4-5,8-10,12H,6-7,11,13H2,1-3H3. The highest BCUT2D eigenvalue weighted by atomic mass is 19.4. The number of carbonyl (C=O) groups is 1. The Morgan fingerprint density at radius 1 is 1.08 bits per heavy atom. The van der Waals surface area contributed by atoms with Crippen molar-refractivity contribution in [1.82, 2.24) is 35.1 Å². The lowest BCUT2D eigenvalue weighted by molar-refractivity contribution is -0.156. The van der Waals surface area contributed by atoms with Gasteiger partial charge in [-0.05, 0) is 50.5 Å². The van der Waals surface area contributed by atoms with Crippen molar-refractivity contribution in [3.8, 4) is 22.7 Å². The van der Waals surface area contributed by atoms with E-state index in [4.69, 9.17) is 4.74 Å². The van der Waals surface area contributed by atoms with Crippen molar-refractivity contribution in [2.24, 2.45) is 0 Å². The number of nitrogens with zero attached hydrogens (tertiary/aromatic N) is 7. The third kappa shape index (κ3) is 5.89. The molecule has 0 saturated heterocycles. The van der Waals surface area contributed by atoms with E-state index >= 15 is 0 Å². The normalized spacial score (nSPS) is 13.9. The van der Waals surface area contributed by atoms with Crippen LogP contribution in [0.15, 0.2) is 41.1 Å². The van der Waals surface area contributed by atoms with E-state index in [2.05, 4.69) is 29.9 Å².